The second kappa shape index (κ2) is 22.5. The topological polar surface area (TPSA) is 55.8 Å². The summed E-state index contributed by atoms with van der Waals surface area (Å²) in [4.78, 5) is 25.9. The number of rotatable bonds is 20. The summed E-state index contributed by atoms with van der Waals surface area (Å²) < 4.78 is 11.1. The summed E-state index contributed by atoms with van der Waals surface area (Å²) in [5.74, 6) is 0.990. The predicted molar refractivity (Wildman–Crippen MR) is 144 cm³/mol. The minimum atomic E-state index is -0.336. The molecule has 0 saturated carbocycles. The lowest BCUT2D eigenvalue weighted by Gasteiger charge is -2.17. The maximum absolute atomic E-state index is 12.4. The Balaban J connectivity index is 4.03. The van der Waals surface area contributed by atoms with Crippen LogP contribution in [-0.2, 0) is 19.1 Å². The van der Waals surface area contributed by atoms with E-state index in [9.17, 15) is 9.59 Å². The van der Waals surface area contributed by atoms with Crippen molar-refractivity contribution in [3.05, 3.63) is 0 Å². The van der Waals surface area contributed by atoms with Crippen LogP contribution in [0.5, 0.6) is 0 Å². The number of hydrogen-bond acceptors (Lipinski definition) is 7. The van der Waals surface area contributed by atoms with Crippen LogP contribution in [0.25, 0.3) is 0 Å². The number of amides is 1. The van der Waals surface area contributed by atoms with Crippen LogP contribution in [0.3, 0.4) is 0 Å². The molecule has 0 saturated heterocycles. The van der Waals surface area contributed by atoms with Gasteiger partial charge in [0.15, 0.2) is 0 Å². The van der Waals surface area contributed by atoms with Gasteiger partial charge < -0.3 is 14.4 Å². The number of carbonyl (C=O) groups is 2. The standard InChI is InChI=1S/C24H45NO4S3/c1-5-6-7-8-9-10-11-12-13-14-19-31-24(30)32-20-21(15-16-22(26)25(2)3)23(27)29-18-17-28-4/h21H,5-20H2,1-4H3. The van der Waals surface area contributed by atoms with Crippen molar-refractivity contribution in [1.29, 1.82) is 0 Å². The molecular formula is C24H45NO4S3. The summed E-state index contributed by atoms with van der Waals surface area (Å²) in [6, 6.07) is 0. The van der Waals surface area contributed by atoms with Crippen molar-refractivity contribution in [2.24, 2.45) is 5.92 Å². The molecule has 8 heteroatoms. The number of unbranched alkanes of at least 4 members (excludes halogenated alkanes) is 9. The molecule has 0 aromatic carbocycles. The molecule has 0 aromatic heterocycles. The molecule has 1 unspecified atom stereocenters. The molecule has 0 radical (unpaired) electrons. The zero-order valence-electron chi connectivity index (χ0n) is 20.7. The van der Waals surface area contributed by atoms with E-state index in [4.69, 9.17) is 21.7 Å². The number of thioether (sulfide) groups is 2. The van der Waals surface area contributed by atoms with E-state index < -0.39 is 0 Å². The summed E-state index contributed by atoms with van der Waals surface area (Å²) in [6.07, 6.45) is 14.1. The van der Waals surface area contributed by atoms with Gasteiger partial charge in [-0.2, -0.15) is 0 Å². The van der Waals surface area contributed by atoms with Gasteiger partial charge in [0.1, 0.15) is 10.1 Å². The average molecular weight is 508 g/mol. The first-order valence-corrected chi connectivity index (χ1v) is 14.5. The monoisotopic (exact) mass is 507 g/mol. The summed E-state index contributed by atoms with van der Waals surface area (Å²) in [5, 5.41) is 0. The molecule has 1 atom stereocenters. The molecule has 188 valence electrons. The Morgan fingerprint density at radius 2 is 1.50 bits per heavy atom. The third kappa shape index (κ3) is 19.2. The van der Waals surface area contributed by atoms with Crippen LogP contribution in [0.1, 0.15) is 84.0 Å². The van der Waals surface area contributed by atoms with Crippen molar-refractivity contribution in [1.82, 2.24) is 4.90 Å². The van der Waals surface area contributed by atoms with Gasteiger partial charge in [-0.25, -0.2) is 0 Å². The fraction of sp³-hybridized carbons (Fsp3) is 0.875. The van der Waals surface area contributed by atoms with E-state index in [2.05, 4.69) is 6.92 Å². The number of hydrogen-bond donors (Lipinski definition) is 0. The van der Waals surface area contributed by atoms with Gasteiger partial charge in [0.05, 0.1) is 12.5 Å². The number of esters is 1. The van der Waals surface area contributed by atoms with Crippen LogP contribution < -0.4 is 0 Å². The van der Waals surface area contributed by atoms with Crippen molar-refractivity contribution >= 4 is 51.1 Å². The Labute approximate surface area is 210 Å². The first kappa shape index (κ1) is 31.7. The SMILES string of the molecule is CCCCCCCCCCCCSC(=S)SCC(CCC(=O)N(C)C)C(=O)OCCOC. The lowest BCUT2D eigenvalue weighted by Crippen LogP contribution is -2.26. The molecule has 0 rings (SSSR count). The molecule has 0 aliphatic carbocycles. The zero-order valence-corrected chi connectivity index (χ0v) is 23.1. The molecule has 0 aromatic rings. The molecule has 0 aliphatic rings. The molecular weight excluding hydrogens is 462 g/mol. The number of carbonyl (C=O) groups excluding carboxylic acids is 2. The highest BCUT2D eigenvalue weighted by molar-refractivity contribution is 8.47. The van der Waals surface area contributed by atoms with Crippen molar-refractivity contribution in [2.45, 2.75) is 84.0 Å². The van der Waals surface area contributed by atoms with Gasteiger partial charge in [-0.05, 0) is 18.6 Å². The van der Waals surface area contributed by atoms with E-state index in [1.165, 1.54) is 76.0 Å². The fourth-order valence-electron chi connectivity index (χ4n) is 3.09. The predicted octanol–water partition coefficient (Wildman–Crippen LogP) is 6.33. The fourth-order valence-corrected chi connectivity index (χ4v) is 5.49. The summed E-state index contributed by atoms with van der Waals surface area (Å²) in [5.41, 5.74) is 0. The van der Waals surface area contributed by atoms with Crippen molar-refractivity contribution < 1.29 is 19.1 Å². The molecule has 0 fully saturated rings. The number of thiocarbonyl (C=S) groups is 1. The van der Waals surface area contributed by atoms with Gasteiger partial charge in [-0.15, -0.1) is 23.5 Å². The van der Waals surface area contributed by atoms with Gasteiger partial charge in [-0.1, -0.05) is 76.9 Å². The molecule has 0 aliphatic heterocycles. The van der Waals surface area contributed by atoms with E-state index in [0.717, 1.165) is 9.28 Å². The highest BCUT2D eigenvalue weighted by Crippen LogP contribution is 2.24. The van der Waals surface area contributed by atoms with E-state index in [0.29, 0.717) is 25.2 Å². The van der Waals surface area contributed by atoms with Crippen LogP contribution in [0.2, 0.25) is 0 Å². The van der Waals surface area contributed by atoms with Crippen LogP contribution >= 0.6 is 35.7 Å². The molecule has 0 bridgehead atoms. The van der Waals surface area contributed by atoms with E-state index in [1.807, 2.05) is 0 Å². The Morgan fingerprint density at radius 3 is 2.06 bits per heavy atom. The largest absolute Gasteiger partial charge is 0.463 e. The normalized spacial score (nSPS) is 11.9. The molecule has 0 heterocycles. The van der Waals surface area contributed by atoms with Crippen LogP contribution in [-0.4, -0.2) is 66.2 Å². The van der Waals surface area contributed by atoms with E-state index in [1.54, 1.807) is 37.9 Å². The number of methoxy groups -OCH3 is 1. The van der Waals surface area contributed by atoms with Gasteiger partial charge in [-0.3, -0.25) is 9.59 Å². The molecule has 1 amide bonds. The minimum absolute atomic E-state index is 0.0163. The van der Waals surface area contributed by atoms with Crippen molar-refractivity contribution in [3.63, 3.8) is 0 Å². The van der Waals surface area contributed by atoms with Crippen LogP contribution in [0.15, 0.2) is 0 Å². The van der Waals surface area contributed by atoms with E-state index in [-0.39, 0.29) is 24.4 Å². The third-order valence-corrected chi connectivity index (χ3v) is 8.14. The Morgan fingerprint density at radius 1 is 0.906 bits per heavy atom. The highest BCUT2D eigenvalue weighted by atomic mass is 32.2. The second-order valence-electron chi connectivity index (χ2n) is 8.28. The van der Waals surface area contributed by atoms with Gasteiger partial charge in [0.25, 0.3) is 0 Å². The number of nitrogens with zero attached hydrogens (tertiary/aromatic N) is 1. The van der Waals surface area contributed by atoms with Crippen LogP contribution in [0.4, 0.5) is 0 Å². The highest BCUT2D eigenvalue weighted by Gasteiger charge is 2.22. The maximum atomic E-state index is 12.4. The smallest absolute Gasteiger partial charge is 0.309 e. The molecule has 0 spiro atoms. The lowest BCUT2D eigenvalue weighted by atomic mass is 10.1. The summed E-state index contributed by atoms with van der Waals surface area (Å²) >= 11 is 8.73. The quantitative estimate of drug-likeness (QED) is 0.108. The summed E-state index contributed by atoms with van der Waals surface area (Å²) in [6.45, 7) is 2.86. The minimum Gasteiger partial charge on any atom is -0.463 e. The summed E-state index contributed by atoms with van der Waals surface area (Å²) in [7, 11) is 5.02. The Kier molecular flexibility index (Phi) is 22.3. The first-order chi connectivity index (χ1) is 15.4. The zero-order chi connectivity index (χ0) is 24.0. The average Bonchev–Trinajstić information content (AvgIpc) is 2.77. The molecule has 5 nitrogen and oxygen atoms in total. The number of ether oxygens (including phenoxy) is 2. The second-order valence-corrected chi connectivity index (χ2v) is 11.6. The van der Waals surface area contributed by atoms with Gasteiger partial charge >= 0.3 is 5.97 Å². The van der Waals surface area contributed by atoms with Gasteiger partial charge in [0.2, 0.25) is 5.91 Å². The molecule has 0 N–H and O–H groups in total. The van der Waals surface area contributed by atoms with Crippen LogP contribution in [0, 0.1) is 5.92 Å². The Bertz CT molecular complexity index is 504. The first-order valence-electron chi connectivity index (χ1n) is 12.1. The van der Waals surface area contributed by atoms with Gasteiger partial charge in [0, 0.05) is 33.4 Å². The Hall–Kier alpha value is -0.310. The van der Waals surface area contributed by atoms with E-state index >= 15 is 0 Å². The molecule has 32 heavy (non-hydrogen) atoms. The maximum Gasteiger partial charge on any atom is 0.309 e. The lowest BCUT2D eigenvalue weighted by molar-refractivity contribution is -0.149. The van der Waals surface area contributed by atoms with Crippen molar-refractivity contribution in [3.8, 4) is 0 Å². The third-order valence-electron chi connectivity index (χ3n) is 5.19. The van der Waals surface area contributed by atoms with Crippen molar-refractivity contribution in [2.75, 3.05) is 45.9 Å².